The minimum absolute atomic E-state index is 0.392. The molecule has 0 saturated carbocycles. The molecule has 1 aliphatic heterocycles. The van der Waals surface area contributed by atoms with E-state index in [-0.39, 0.29) is 0 Å². The Kier molecular flexibility index (Phi) is 4.73. The molecule has 1 saturated heterocycles. The molecule has 1 aromatic rings. The lowest BCUT2D eigenvalue weighted by Crippen LogP contribution is -2.39. The molecular formula is C13H16BrF3N2. The fourth-order valence-corrected chi connectivity index (χ4v) is 2.69. The molecule has 106 valence electrons. The van der Waals surface area contributed by atoms with E-state index in [2.05, 4.69) is 26.6 Å². The largest absolute Gasteiger partial charge is 0.416 e. The van der Waals surface area contributed by atoms with E-state index < -0.39 is 11.7 Å². The molecule has 1 heterocycles. The minimum atomic E-state index is -4.30. The maximum Gasteiger partial charge on any atom is 0.416 e. The first-order valence-corrected chi connectivity index (χ1v) is 7.10. The Bertz CT molecular complexity index is 428. The number of halogens is 4. The van der Waals surface area contributed by atoms with Gasteiger partial charge in [-0.15, -0.1) is 0 Å². The van der Waals surface area contributed by atoms with Gasteiger partial charge in [0.05, 0.1) is 5.56 Å². The number of anilines is 1. The summed E-state index contributed by atoms with van der Waals surface area (Å²) in [6.07, 6.45) is -0.800. The van der Waals surface area contributed by atoms with E-state index >= 15 is 0 Å². The molecule has 0 aromatic heterocycles. The Hall–Kier alpha value is -0.750. The SMILES string of the molecule is FC(F)(F)c1ccc(NCC2CCCCN2)c(Br)c1. The third kappa shape index (κ3) is 4.11. The number of rotatable bonds is 3. The predicted octanol–water partition coefficient (Wildman–Crippen LogP) is 4.02. The zero-order valence-electron chi connectivity index (χ0n) is 10.4. The van der Waals surface area contributed by atoms with Gasteiger partial charge in [0.1, 0.15) is 0 Å². The average Bonchev–Trinajstić information content (AvgIpc) is 2.37. The van der Waals surface area contributed by atoms with Crippen LogP contribution >= 0.6 is 15.9 Å². The Morgan fingerprint density at radius 1 is 1.32 bits per heavy atom. The molecule has 2 nitrogen and oxygen atoms in total. The van der Waals surface area contributed by atoms with Gasteiger partial charge in [0.15, 0.2) is 0 Å². The second-order valence-electron chi connectivity index (χ2n) is 4.72. The molecule has 0 spiro atoms. The van der Waals surface area contributed by atoms with Crippen molar-refractivity contribution in [3.63, 3.8) is 0 Å². The van der Waals surface area contributed by atoms with Gasteiger partial charge in [-0.3, -0.25) is 0 Å². The molecule has 2 N–H and O–H groups in total. The van der Waals surface area contributed by atoms with E-state index in [0.29, 0.717) is 16.2 Å². The average molecular weight is 337 g/mol. The summed E-state index contributed by atoms with van der Waals surface area (Å²) in [5.41, 5.74) is 0.0566. The van der Waals surface area contributed by atoms with Gasteiger partial charge in [-0.25, -0.2) is 0 Å². The van der Waals surface area contributed by atoms with Gasteiger partial charge in [-0.05, 0) is 53.5 Å². The predicted molar refractivity (Wildman–Crippen MR) is 73.3 cm³/mol. The lowest BCUT2D eigenvalue weighted by atomic mass is 10.1. The van der Waals surface area contributed by atoms with Crippen LogP contribution in [0, 0.1) is 0 Å². The lowest BCUT2D eigenvalue weighted by Gasteiger charge is -2.24. The lowest BCUT2D eigenvalue weighted by molar-refractivity contribution is -0.137. The molecule has 0 amide bonds. The molecule has 1 aromatic carbocycles. The standard InChI is InChI=1S/C13H16BrF3N2/c14-11-7-9(13(15,16)17)4-5-12(11)19-8-10-3-1-2-6-18-10/h4-5,7,10,18-19H,1-3,6,8H2. The van der Waals surface area contributed by atoms with Gasteiger partial charge < -0.3 is 10.6 Å². The topological polar surface area (TPSA) is 24.1 Å². The van der Waals surface area contributed by atoms with Crippen molar-refractivity contribution < 1.29 is 13.2 Å². The van der Waals surface area contributed by atoms with E-state index in [1.54, 1.807) is 0 Å². The quantitative estimate of drug-likeness (QED) is 0.871. The third-order valence-corrected chi connectivity index (χ3v) is 3.90. The van der Waals surface area contributed by atoms with Gasteiger partial charge in [-0.1, -0.05) is 6.42 Å². The molecule has 1 atom stereocenters. The second-order valence-corrected chi connectivity index (χ2v) is 5.57. The molecule has 0 aliphatic carbocycles. The molecule has 2 rings (SSSR count). The fourth-order valence-electron chi connectivity index (χ4n) is 2.17. The summed E-state index contributed by atoms with van der Waals surface area (Å²) in [5.74, 6) is 0. The van der Waals surface area contributed by atoms with Crippen molar-refractivity contribution in [2.75, 3.05) is 18.4 Å². The van der Waals surface area contributed by atoms with Crippen LogP contribution in [-0.2, 0) is 6.18 Å². The van der Waals surface area contributed by atoms with Crippen molar-refractivity contribution in [2.24, 2.45) is 0 Å². The normalized spacial score (nSPS) is 20.3. The molecule has 6 heteroatoms. The van der Waals surface area contributed by atoms with Gasteiger partial charge in [0.2, 0.25) is 0 Å². The van der Waals surface area contributed by atoms with Crippen molar-refractivity contribution in [1.82, 2.24) is 5.32 Å². The third-order valence-electron chi connectivity index (χ3n) is 3.25. The van der Waals surface area contributed by atoms with Crippen molar-refractivity contribution >= 4 is 21.6 Å². The molecule has 19 heavy (non-hydrogen) atoms. The van der Waals surface area contributed by atoms with Crippen LogP contribution in [0.2, 0.25) is 0 Å². The summed E-state index contributed by atoms with van der Waals surface area (Å²) in [7, 11) is 0. The highest BCUT2D eigenvalue weighted by molar-refractivity contribution is 9.10. The summed E-state index contributed by atoms with van der Waals surface area (Å²) in [6, 6.07) is 4.07. The van der Waals surface area contributed by atoms with Gasteiger partial charge in [0, 0.05) is 22.7 Å². The number of nitrogens with one attached hydrogen (secondary N) is 2. The van der Waals surface area contributed by atoms with E-state index in [4.69, 9.17) is 0 Å². The Balaban J connectivity index is 1.97. The number of benzene rings is 1. The van der Waals surface area contributed by atoms with Crippen molar-refractivity contribution in [3.8, 4) is 0 Å². The fraction of sp³-hybridized carbons (Fsp3) is 0.538. The first-order valence-electron chi connectivity index (χ1n) is 6.31. The number of hydrogen-bond acceptors (Lipinski definition) is 2. The highest BCUT2D eigenvalue weighted by Crippen LogP contribution is 2.33. The number of alkyl halides is 3. The van der Waals surface area contributed by atoms with Crippen LogP contribution in [0.25, 0.3) is 0 Å². The highest BCUT2D eigenvalue weighted by atomic mass is 79.9. The van der Waals surface area contributed by atoms with Crippen molar-refractivity contribution in [3.05, 3.63) is 28.2 Å². The van der Waals surface area contributed by atoms with Gasteiger partial charge >= 0.3 is 6.18 Å². The first-order chi connectivity index (χ1) is 8.97. The molecule has 0 radical (unpaired) electrons. The smallest absolute Gasteiger partial charge is 0.383 e. The molecule has 1 unspecified atom stereocenters. The number of hydrogen-bond donors (Lipinski definition) is 2. The van der Waals surface area contributed by atoms with Crippen molar-refractivity contribution in [1.29, 1.82) is 0 Å². The van der Waals surface area contributed by atoms with Crippen LogP contribution in [0.1, 0.15) is 24.8 Å². The Morgan fingerprint density at radius 2 is 2.11 bits per heavy atom. The van der Waals surface area contributed by atoms with Crippen LogP contribution in [0.3, 0.4) is 0 Å². The van der Waals surface area contributed by atoms with Crippen LogP contribution in [0.5, 0.6) is 0 Å². The summed E-state index contributed by atoms with van der Waals surface area (Å²) < 4.78 is 38.0. The maximum atomic E-state index is 12.5. The maximum absolute atomic E-state index is 12.5. The first kappa shape index (κ1) is 14.7. The summed E-state index contributed by atoms with van der Waals surface area (Å²) in [5, 5.41) is 6.57. The summed E-state index contributed by atoms with van der Waals surface area (Å²) in [6.45, 7) is 1.74. The van der Waals surface area contributed by atoms with E-state index in [9.17, 15) is 13.2 Å². The zero-order chi connectivity index (χ0) is 13.9. The Morgan fingerprint density at radius 3 is 2.68 bits per heavy atom. The van der Waals surface area contributed by atoms with Gasteiger partial charge in [0.25, 0.3) is 0 Å². The van der Waals surface area contributed by atoms with Crippen LogP contribution in [-0.4, -0.2) is 19.1 Å². The number of piperidine rings is 1. The van der Waals surface area contributed by atoms with Crippen LogP contribution in [0.15, 0.2) is 22.7 Å². The van der Waals surface area contributed by atoms with E-state index in [0.717, 1.165) is 31.6 Å². The molecule has 1 fully saturated rings. The summed E-state index contributed by atoms with van der Waals surface area (Å²) >= 11 is 3.18. The minimum Gasteiger partial charge on any atom is -0.383 e. The van der Waals surface area contributed by atoms with Crippen molar-refractivity contribution in [2.45, 2.75) is 31.5 Å². The van der Waals surface area contributed by atoms with Crippen LogP contribution in [0.4, 0.5) is 18.9 Å². The second kappa shape index (κ2) is 6.13. The monoisotopic (exact) mass is 336 g/mol. The van der Waals surface area contributed by atoms with Gasteiger partial charge in [-0.2, -0.15) is 13.2 Å². The zero-order valence-corrected chi connectivity index (χ0v) is 11.9. The van der Waals surface area contributed by atoms with E-state index in [1.807, 2.05) is 0 Å². The molecule has 1 aliphatic rings. The molecule has 0 bridgehead atoms. The molecular weight excluding hydrogens is 321 g/mol. The van der Waals surface area contributed by atoms with E-state index in [1.165, 1.54) is 18.9 Å². The Labute approximate surface area is 118 Å². The van der Waals surface area contributed by atoms with Crippen LogP contribution < -0.4 is 10.6 Å². The summed E-state index contributed by atoms with van der Waals surface area (Å²) in [4.78, 5) is 0. The highest BCUT2D eigenvalue weighted by Gasteiger charge is 2.30.